The van der Waals surface area contributed by atoms with Crippen LogP contribution in [0.2, 0.25) is 0 Å². The molecule has 130 valence electrons. The van der Waals surface area contributed by atoms with E-state index in [1.165, 1.54) is 12.3 Å². The molecule has 0 aliphatic heterocycles. The minimum atomic E-state index is -0.355. The van der Waals surface area contributed by atoms with Crippen molar-refractivity contribution in [3.63, 3.8) is 0 Å². The van der Waals surface area contributed by atoms with Gasteiger partial charge in [-0.1, -0.05) is 24.3 Å². The van der Waals surface area contributed by atoms with E-state index in [-0.39, 0.29) is 22.9 Å². The van der Waals surface area contributed by atoms with E-state index in [0.717, 1.165) is 5.56 Å². The second kappa shape index (κ2) is 7.81. The molecule has 0 aliphatic rings. The number of rotatable bonds is 5. The highest BCUT2D eigenvalue weighted by Gasteiger charge is 2.17. The van der Waals surface area contributed by atoms with Crippen LogP contribution in [0.3, 0.4) is 0 Å². The molecule has 0 unspecified atom stereocenters. The van der Waals surface area contributed by atoms with Crippen molar-refractivity contribution in [2.24, 2.45) is 0 Å². The number of H-pyrrole nitrogens is 1. The van der Waals surface area contributed by atoms with Crippen LogP contribution in [0.15, 0.2) is 60.8 Å². The average Bonchev–Trinajstić information content (AvgIpc) is 3.22. The lowest BCUT2D eigenvalue weighted by Gasteiger charge is -2.04. The van der Waals surface area contributed by atoms with E-state index in [2.05, 4.69) is 10.3 Å². The highest BCUT2D eigenvalue weighted by Crippen LogP contribution is 2.15. The molecule has 0 atom stereocenters. The fraction of sp³-hybridized carbons (Fsp3) is 0.0476. The average molecular weight is 354 g/mol. The fourth-order valence-electron chi connectivity index (χ4n) is 2.57. The second-order valence-electron chi connectivity index (χ2n) is 5.78. The first-order valence-electron chi connectivity index (χ1n) is 8.12. The van der Waals surface area contributed by atoms with Gasteiger partial charge in [0.2, 0.25) is 0 Å². The summed E-state index contributed by atoms with van der Waals surface area (Å²) in [6, 6.07) is 18.9. The van der Waals surface area contributed by atoms with Crippen molar-refractivity contribution < 1.29 is 9.59 Å². The smallest absolute Gasteiger partial charge is 0.267 e. The molecule has 6 heteroatoms. The van der Waals surface area contributed by atoms with Crippen LogP contribution in [0, 0.1) is 22.7 Å². The predicted molar refractivity (Wildman–Crippen MR) is 97.7 cm³/mol. The second-order valence-corrected chi connectivity index (χ2v) is 5.78. The number of aromatic amines is 1. The summed E-state index contributed by atoms with van der Waals surface area (Å²) in [5, 5.41) is 20.7. The largest absolute Gasteiger partial charge is 0.356 e. The molecule has 0 spiro atoms. The monoisotopic (exact) mass is 354 g/mol. The van der Waals surface area contributed by atoms with E-state index < -0.39 is 0 Å². The predicted octanol–water partition coefficient (Wildman–Crippen LogP) is 2.92. The summed E-state index contributed by atoms with van der Waals surface area (Å²) < 4.78 is 0. The molecule has 0 saturated heterocycles. The topological polar surface area (TPSA) is 110 Å². The number of nitrogens with zero attached hydrogens (tertiary/aromatic N) is 2. The number of carbonyl (C=O) groups is 2. The van der Waals surface area contributed by atoms with Crippen LogP contribution in [0.5, 0.6) is 0 Å². The van der Waals surface area contributed by atoms with Crippen molar-refractivity contribution in [3.8, 4) is 12.1 Å². The Morgan fingerprint density at radius 1 is 1.00 bits per heavy atom. The molecule has 0 radical (unpaired) electrons. The molecular weight excluding hydrogens is 340 g/mol. The van der Waals surface area contributed by atoms with Crippen LogP contribution in [0.1, 0.15) is 43.1 Å². The SMILES string of the molecule is N#Cc1ccc(CNC(=O)c2cc(C(=O)c3ccccc3C#N)c[nH]2)cc1. The Hall–Kier alpha value is -4.16. The number of ketones is 1. The molecule has 3 aromatic rings. The number of nitrogens with one attached hydrogen (secondary N) is 2. The van der Waals surface area contributed by atoms with Gasteiger partial charge in [0.1, 0.15) is 5.69 Å². The summed E-state index contributed by atoms with van der Waals surface area (Å²) in [7, 11) is 0. The van der Waals surface area contributed by atoms with Crippen LogP contribution in [0.4, 0.5) is 0 Å². The van der Waals surface area contributed by atoms with Crippen molar-refractivity contribution in [2.75, 3.05) is 0 Å². The maximum Gasteiger partial charge on any atom is 0.267 e. The third kappa shape index (κ3) is 3.92. The molecule has 1 heterocycles. The van der Waals surface area contributed by atoms with Gasteiger partial charge in [0.25, 0.3) is 5.91 Å². The van der Waals surface area contributed by atoms with E-state index in [1.807, 2.05) is 12.1 Å². The van der Waals surface area contributed by atoms with E-state index >= 15 is 0 Å². The first-order valence-corrected chi connectivity index (χ1v) is 8.12. The zero-order valence-electron chi connectivity index (χ0n) is 14.2. The molecule has 0 bridgehead atoms. The van der Waals surface area contributed by atoms with E-state index in [0.29, 0.717) is 23.2 Å². The van der Waals surface area contributed by atoms with Crippen LogP contribution in [0.25, 0.3) is 0 Å². The normalized spacial score (nSPS) is 9.85. The van der Waals surface area contributed by atoms with Crippen LogP contribution in [-0.4, -0.2) is 16.7 Å². The lowest BCUT2D eigenvalue weighted by Crippen LogP contribution is -2.23. The summed E-state index contributed by atoms with van der Waals surface area (Å²) in [6.45, 7) is 0.296. The molecule has 2 N–H and O–H groups in total. The zero-order valence-corrected chi connectivity index (χ0v) is 14.2. The summed E-state index contributed by atoms with van der Waals surface area (Å²) in [4.78, 5) is 27.6. The minimum Gasteiger partial charge on any atom is -0.356 e. The third-order valence-electron chi connectivity index (χ3n) is 4.02. The highest BCUT2D eigenvalue weighted by atomic mass is 16.2. The number of carbonyl (C=O) groups excluding carboxylic acids is 2. The van der Waals surface area contributed by atoms with Gasteiger partial charge in [-0.3, -0.25) is 9.59 Å². The van der Waals surface area contributed by atoms with E-state index in [4.69, 9.17) is 10.5 Å². The van der Waals surface area contributed by atoms with Crippen LogP contribution >= 0.6 is 0 Å². The van der Waals surface area contributed by atoms with Gasteiger partial charge in [-0.15, -0.1) is 0 Å². The number of hydrogen-bond donors (Lipinski definition) is 2. The number of benzene rings is 2. The van der Waals surface area contributed by atoms with Crippen LogP contribution < -0.4 is 5.32 Å². The first-order chi connectivity index (χ1) is 13.1. The molecule has 6 nitrogen and oxygen atoms in total. The summed E-state index contributed by atoms with van der Waals surface area (Å²) >= 11 is 0. The zero-order chi connectivity index (χ0) is 19.2. The van der Waals surface area contributed by atoms with Gasteiger partial charge in [0.15, 0.2) is 5.78 Å². The lowest BCUT2D eigenvalue weighted by atomic mass is 10.0. The van der Waals surface area contributed by atoms with Gasteiger partial charge in [-0.05, 0) is 35.9 Å². The highest BCUT2D eigenvalue weighted by molar-refractivity contribution is 6.11. The molecule has 27 heavy (non-hydrogen) atoms. The molecule has 1 amide bonds. The van der Waals surface area contributed by atoms with Gasteiger partial charge in [-0.2, -0.15) is 10.5 Å². The van der Waals surface area contributed by atoms with E-state index in [1.54, 1.807) is 48.5 Å². The Morgan fingerprint density at radius 3 is 2.44 bits per heavy atom. The summed E-state index contributed by atoms with van der Waals surface area (Å²) in [6.07, 6.45) is 1.45. The van der Waals surface area contributed by atoms with Gasteiger partial charge >= 0.3 is 0 Å². The molecule has 0 saturated carbocycles. The number of aromatic nitrogens is 1. The molecular formula is C21H14N4O2. The lowest BCUT2D eigenvalue weighted by molar-refractivity contribution is 0.0946. The van der Waals surface area contributed by atoms with Gasteiger partial charge < -0.3 is 10.3 Å². The van der Waals surface area contributed by atoms with Crippen molar-refractivity contribution in [1.82, 2.24) is 10.3 Å². The number of hydrogen-bond acceptors (Lipinski definition) is 4. The van der Waals surface area contributed by atoms with Gasteiger partial charge in [0.05, 0.1) is 23.3 Å². The standard InChI is InChI=1S/C21H14N4O2/c22-10-14-5-7-15(8-6-14)12-25-21(27)19-9-17(13-24-19)20(26)18-4-2-1-3-16(18)11-23/h1-9,13,24H,12H2,(H,25,27). The Labute approximate surface area is 155 Å². The fourth-order valence-corrected chi connectivity index (χ4v) is 2.57. The summed E-state index contributed by atoms with van der Waals surface area (Å²) in [5.74, 6) is -0.679. The Kier molecular flexibility index (Phi) is 5.11. The minimum absolute atomic E-state index is 0.251. The van der Waals surface area contributed by atoms with Gasteiger partial charge in [0, 0.05) is 23.9 Å². The Bertz CT molecular complexity index is 1080. The molecule has 0 aliphatic carbocycles. The van der Waals surface area contributed by atoms with Crippen molar-refractivity contribution in [2.45, 2.75) is 6.54 Å². The van der Waals surface area contributed by atoms with Crippen molar-refractivity contribution >= 4 is 11.7 Å². The van der Waals surface area contributed by atoms with Crippen LogP contribution in [-0.2, 0) is 6.54 Å². The summed E-state index contributed by atoms with van der Waals surface area (Å²) in [5.41, 5.74) is 2.55. The van der Waals surface area contributed by atoms with Crippen molar-refractivity contribution in [3.05, 3.63) is 94.3 Å². The van der Waals surface area contributed by atoms with Gasteiger partial charge in [-0.25, -0.2) is 0 Å². The van der Waals surface area contributed by atoms with E-state index in [9.17, 15) is 9.59 Å². The number of nitriles is 2. The van der Waals surface area contributed by atoms with Crippen molar-refractivity contribution in [1.29, 1.82) is 10.5 Å². The number of amides is 1. The maximum absolute atomic E-state index is 12.6. The Balaban J connectivity index is 1.69. The molecule has 2 aromatic carbocycles. The Morgan fingerprint density at radius 2 is 1.74 bits per heavy atom. The maximum atomic E-state index is 12.6. The molecule has 0 fully saturated rings. The third-order valence-corrected chi connectivity index (χ3v) is 4.02. The molecule has 3 rings (SSSR count). The first kappa shape index (κ1) is 17.7. The molecule has 1 aromatic heterocycles. The quantitative estimate of drug-likeness (QED) is 0.686.